The lowest BCUT2D eigenvalue weighted by Crippen LogP contribution is -2.54. The molecule has 2 aromatic rings. The zero-order valence-corrected chi connectivity index (χ0v) is 17.5. The quantitative estimate of drug-likeness (QED) is 0.506. The summed E-state index contributed by atoms with van der Waals surface area (Å²) < 4.78 is 13.5. The maximum Gasteiger partial charge on any atom is 0.234 e. The van der Waals surface area contributed by atoms with E-state index in [2.05, 4.69) is 30.4 Å². The predicted molar refractivity (Wildman–Crippen MR) is 115 cm³/mol. The molecule has 2 heterocycles. The van der Waals surface area contributed by atoms with Gasteiger partial charge in [0.2, 0.25) is 5.91 Å². The van der Waals surface area contributed by atoms with Gasteiger partial charge in [0, 0.05) is 62.9 Å². The van der Waals surface area contributed by atoms with Gasteiger partial charge in [-0.2, -0.15) is 0 Å². The molecular formula is C21H31FN6O. The molecule has 0 unspecified atom stereocenters. The Labute approximate surface area is 171 Å². The number of rotatable bonds is 6. The standard InChI is InChI=1S/C21H31FN6O/c1-15(2)26-20(29)14-27-8-10-28(11-9-27)21(23-3)24-7-6-16-13-25-19-5-4-17(22)12-18(16)19/h4-5,12-13,15,25H,6-11,14H2,1-3H3,(H,23,24)(H,26,29). The minimum atomic E-state index is -0.220. The molecule has 0 atom stereocenters. The first kappa shape index (κ1) is 21.1. The molecule has 1 aromatic heterocycles. The molecule has 1 aromatic carbocycles. The van der Waals surface area contributed by atoms with Crippen molar-refractivity contribution >= 4 is 22.8 Å². The van der Waals surface area contributed by atoms with Gasteiger partial charge in [-0.1, -0.05) is 0 Å². The third kappa shape index (κ3) is 5.69. The molecular weight excluding hydrogens is 371 g/mol. The topological polar surface area (TPSA) is 75.8 Å². The van der Waals surface area contributed by atoms with Crippen molar-refractivity contribution in [3.63, 3.8) is 0 Å². The van der Waals surface area contributed by atoms with Crippen LogP contribution in [0.25, 0.3) is 10.9 Å². The van der Waals surface area contributed by atoms with Gasteiger partial charge >= 0.3 is 0 Å². The number of aromatic amines is 1. The van der Waals surface area contributed by atoms with Crippen molar-refractivity contribution in [1.29, 1.82) is 0 Å². The minimum Gasteiger partial charge on any atom is -0.361 e. The predicted octanol–water partition coefficient (Wildman–Crippen LogP) is 1.57. The zero-order chi connectivity index (χ0) is 20.8. The van der Waals surface area contributed by atoms with Crippen LogP contribution in [-0.2, 0) is 11.2 Å². The van der Waals surface area contributed by atoms with Gasteiger partial charge in [0.25, 0.3) is 0 Å². The molecule has 0 bridgehead atoms. The van der Waals surface area contributed by atoms with Crippen molar-refractivity contribution in [2.24, 2.45) is 4.99 Å². The summed E-state index contributed by atoms with van der Waals surface area (Å²) in [6.07, 6.45) is 2.72. The number of hydrogen-bond donors (Lipinski definition) is 3. The summed E-state index contributed by atoms with van der Waals surface area (Å²) in [5.74, 6) is 0.718. The summed E-state index contributed by atoms with van der Waals surface area (Å²) >= 11 is 0. The Morgan fingerprint density at radius 3 is 2.72 bits per heavy atom. The normalized spacial score (nSPS) is 15.9. The summed E-state index contributed by atoms with van der Waals surface area (Å²) in [4.78, 5) is 23.9. The molecule has 3 N–H and O–H groups in total. The highest BCUT2D eigenvalue weighted by Crippen LogP contribution is 2.19. The van der Waals surface area contributed by atoms with Crippen LogP contribution in [0, 0.1) is 5.82 Å². The van der Waals surface area contributed by atoms with Crippen molar-refractivity contribution in [2.75, 3.05) is 46.3 Å². The van der Waals surface area contributed by atoms with E-state index in [1.807, 2.05) is 20.0 Å². The van der Waals surface area contributed by atoms with Crippen LogP contribution < -0.4 is 10.6 Å². The lowest BCUT2D eigenvalue weighted by atomic mass is 10.1. The number of amides is 1. The zero-order valence-electron chi connectivity index (χ0n) is 17.5. The van der Waals surface area contributed by atoms with E-state index in [1.165, 1.54) is 6.07 Å². The van der Waals surface area contributed by atoms with Gasteiger partial charge in [0.1, 0.15) is 5.82 Å². The second-order valence-electron chi connectivity index (χ2n) is 7.71. The lowest BCUT2D eigenvalue weighted by Gasteiger charge is -2.36. The first-order chi connectivity index (χ1) is 14.0. The van der Waals surface area contributed by atoms with E-state index < -0.39 is 0 Å². The van der Waals surface area contributed by atoms with Gasteiger partial charge in [-0.3, -0.25) is 14.7 Å². The van der Waals surface area contributed by atoms with Crippen molar-refractivity contribution in [3.05, 3.63) is 35.8 Å². The summed E-state index contributed by atoms with van der Waals surface area (Å²) in [5, 5.41) is 7.27. The number of halogens is 1. The summed E-state index contributed by atoms with van der Waals surface area (Å²) in [5.41, 5.74) is 2.03. The number of fused-ring (bicyclic) bond motifs is 1. The van der Waals surface area contributed by atoms with E-state index in [-0.39, 0.29) is 17.8 Å². The number of H-pyrrole nitrogens is 1. The smallest absolute Gasteiger partial charge is 0.234 e. The molecule has 7 nitrogen and oxygen atoms in total. The average molecular weight is 403 g/mol. The van der Waals surface area contributed by atoms with Crippen molar-refractivity contribution in [3.8, 4) is 0 Å². The maximum absolute atomic E-state index is 13.5. The van der Waals surface area contributed by atoms with Gasteiger partial charge in [0.15, 0.2) is 5.96 Å². The van der Waals surface area contributed by atoms with Crippen LogP contribution in [0.2, 0.25) is 0 Å². The number of aromatic nitrogens is 1. The average Bonchev–Trinajstić information content (AvgIpc) is 3.07. The highest BCUT2D eigenvalue weighted by molar-refractivity contribution is 5.83. The number of piperazine rings is 1. The minimum absolute atomic E-state index is 0.0751. The number of aliphatic imine (C=N–C) groups is 1. The third-order valence-electron chi connectivity index (χ3n) is 5.11. The lowest BCUT2D eigenvalue weighted by molar-refractivity contribution is -0.123. The Bertz CT molecular complexity index is 854. The molecule has 29 heavy (non-hydrogen) atoms. The molecule has 0 spiro atoms. The van der Waals surface area contributed by atoms with E-state index in [0.29, 0.717) is 13.1 Å². The first-order valence-electron chi connectivity index (χ1n) is 10.2. The fourth-order valence-electron chi connectivity index (χ4n) is 3.69. The van der Waals surface area contributed by atoms with Crippen molar-refractivity contribution < 1.29 is 9.18 Å². The Hall–Kier alpha value is -2.61. The largest absolute Gasteiger partial charge is 0.361 e. The first-order valence-corrected chi connectivity index (χ1v) is 10.2. The van der Waals surface area contributed by atoms with Gasteiger partial charge in [0.05, 0.1) is 6.54 Å². The third-order valence-corrected chi connectivity index (χ3v) is 5.11. The Morgan fingerprint density at radius 1 is 1.28 bits per heavy atom. The van der Waals surface area contributed by atoms with Crippen LogP contribution >= 0.6 is 0 Å². The van der Waals surface area contributed by atoms with Crippen molar-refractivity contribution in [2.45, 2.75) is 26.3 Å². The second-order valence-corrected chi connectivity index (χ2v) is 7.71. The number of guanidine groups is 1. The number of hydrogen-bond acceptors (Lipinski definition) is 3. The van der Waals surface area contributed by atoms with Crippen LogP contribution in [0.5, 0.6) is 0 Å². The molecule has 3 rings (SSSR count). The van der Waals surface area contributed by atoms with E-state index in [9.17, 15) is 9.18 Å². The highest BCUT2D eigenvalue weighted by Gasteiger charge is 2.21. The molecule has 1 aliphatic rings. The summed E-state index contributed by atoms with van der Waals surface area (Å²) in [7, 11) is 1.78. The van der Waals surface area contributed by atoms with Gasteiger partial charge < -0.3 is 20.5 Å². The Kier molecular flexibility index (Phi) is 7.09. The fourth-order valence-corrected chi connectivity index (χ4v) is 3.69. The Balaban J connectivity index is 1.46. The number of carbonyl (C=O) groups is 1. The monoisotopic (exact) mass is 402 g/mol. The molecule has 158 valence electrons. The molecule has 1 fully saturated rings. The van der Waals surface area contributed by atoms with E-state index in [1.54, 1.807) is 19.2 Å². The van der Waals surface area contributed by atoms with Crippen molar-refractivity contribution in [1.82, 2.24) is 25.4 Å². The van der Waals surface area contributed by atoms with Crippen LogP contribution in [0.3, 0.4) is 0 Å². The molecule has 8 heteroatoms. The number of carbonyl (C=O) groups excluding carboxylic acids is 1. The highest BCUT2D eigenvalue weighted by atomic mass is 19.1. The molecule has 0 radical (unpaired) electrons. The molecule has 1 amide bonds. The van der Waals surface area contributed by atoms with E-state index in [4.69, 9.17) is 0 Å². The van der Waals surface area contributed by atoms with Gasteiger partial charge in [-0.15, -0.1) is 0 Å². The second kappa shape index (κ2) is 9.73. The molecule has 1 saturated heterocycles. The number of nitrogens with one attached hydrogen (secondary N) is 3. The maximum atomic E-state index is 13.5. The van der Waals surface area contributed by atoms with Crippen LogP contribution in [0.15, 0.2) is 29.4 Å². The van der Waals surface area contributed by atoms with Gasteiger partial charge in [-0.05, 0) is 44.0 Å². The van der Waals surface area contributed by atoms with Crippen LogP contribution in [-0.4, -0.2) is 79.0 Å². The number of nitrogens with zero attached hydrogens (tertiary/aromatic N) is 3. The molecule has 1 aliphatic heterocycles. The Morgan fingerprint density at radius 2 is 2.03 bits per heavy atom. The van der Waals surface area contributed by atoms with Gasteiger partial charge in [-0.25, -0.2) is 4.39 Å². The molecule has 0 saturated carbocycles. The summed E-state index contributed by atoms with van der Waals surface area (Å²) in [6, 6.07) is 4.97. The SMILES string of the molecule is CN=C(NCCc1c[nH]c2ccc(F)cc12)N1CCN(CC(=O)NC(C)C)CC1. The number of benzene rings is 1. The summed E-state index contributed by atoms with van der Waals surface area (Å²) in [6.45, 7) is 8.40. The van der Waals surface area contributed by atoms with E-state index in [0.717, 1.165) is 55.0 Å². The fraction of sp³-hybridized carbons (Fsp3) is 0.524. The molecule has 0 aliphatic carbocycles. The van der Waals surface area contributed by atoms with Crippen LogP contribution in [0.1, 0.15) is 19.4 Å². The van der Waals surface area contributed by atoms with E-state index >= 15 is 0 Å². The van der Waals surface area contributed by atoms with Crippen LogP contribution in [0.4, 0.5) is 4.39 Å².